The van der Waals surface area contributed by atoms with E-state index >= 15 is 0 Å². The molecule has 26 heavy (non-hydrogen) atoms. The van der Waals surface area contributed by atoms with Gasteiger partial charge in [0.1, 0.15) is 17.3 Å². The van der Waals surface area contributed by atoms with Gasteiger partial charge in [0, 0.05) is 11.1 Å². The van der Waals surface area contributed by atoms with Gasteiger partial charge in [0.15, 0.2) is 5.78 Å². The van der Waals surface area contributed by atoms with Gasteiger partial charge in [-0.15, -0.1) is 0 Å². The quantitative estimate of drug-likeness (QED) is 0.522. The van der Waals surface area contributed by atoms with Crippen molar-refractivity contribution in [3.05, 3.63) is 83.6 Å². The number of aromatic carboxylic acids is 1. The number of benzene rings is 2. The van der Waals surface area contributed by atoms with Crippen LogP contribution in [0, 0.1) is 0 Å². The Labute approximate surface area is 150 Å². The van der Waals surface area contributed by atoms with E-state index in [1.54, 1.807) is 61.7 Å². The predicted molar refractivity (Wildman–Crippen MR) is 97.5 cm³/mol. The van der Waals surface area contributed by atoms with Gasteiger partial charge in [-0.05, 0) is 60.7 Å². The van der Waals surface area contributed by atoms with Crippen molar-refractivity contribution in [3.8, 4) is 17.1 Å². The average molecular weight is 348 g/mol. The highest BCUT2D eigenvalue weighted by Crippen LogP contribution is 2.24. The third-order valence-corrected chi connectivity index (χ3v) is 3.79. The van der Waals surface area contributed by atoms with E-state index in [1.807, 2.05) is 0 Å². The van der Waals surface area contributed by atoms with Gasteiger partial charge in [0.2, 0.25) is 0 Å². The Morgan fingerprint density at radius 3 is 2.46 bits per heavy atom. The van der Waals surface area contributed by atoms with Crippen molar-refractivity contribution in [3.63, 3.8) is 0 Å². The summed E-state index contributed by atoms with van der Waals surface area (Å²) >= 11 is 0. The van der Waals surface area contributed by atoms with Crippen molar-refractivity contribution < 1.29 is 23.8 Å². The second kappa shape index (κ2) is 7.53. The molecule has 5 nitrogen and oxygen atoms in total. The summed E-state index contributed by atoms with van der Waals surface area (Å²) in [5.74, 6) is 0.569. The maximum absolute atomic E-state index is 12.2. The number of carbonyl (C=O) groups is 2. The fraction of sp³-hybridized carbons (Fsp3) is 0.0476. The van der Waals surface area contributed by atoms with Crippen LogP contribution in [0.15, 0.2) is 71.2 Å². The topological polar surface area (TPSA) is 76.7 Å². The third kappa shape index (κ3) is 3.89. The minimum absolute atomic E-state index is 0.154. The Bertz CT molecular complexity index is 964. The van der Waals surface area contributed by atoms with Crippen LogP contribution >= 0.6 is 0 Å². The fourth-order valence-corrected chi connectivity index (χ4v) is 2.41. The lowest BCUT2D eigenvalue weighted by Gasteiger charge is -2.00. The fourth-order valence-electron chi connectivity index (χ4n) is 2.41. The van der Waals surface area contributed by atoms with Crippen LogP contribution in [-0.4, -0.2) is 24.0 Å². The molecule has 3 aromatic rings. The Hall–Kier alpha value is -3.60. The molecule has 0 amide bonds. The van der Waals surface area contributed by atoms with E-state index in [0.29, 0.717) is 28.4 Å². The number of hydrogen-bond donors (Lipinski definition) is 1. The van der Waals surface area contributed by atoms with Gasteiger partial charge in [0.25, 0.3) is 0 Å². The molecule has 1 heterocycles. The molecule has 0 fully saturated rings. The molecule has 1 aromatic heterocycles. The van der Waals surface area contributed by atoms with Crippen molar-refractivity contribution in [1.29, 1.82) is 0 Å². The van der Waals surface area contributed by atoms with Crippen LogP contribution in [0.5, 0.6) is 5.75 Å². The smallest absolute Gasteiger partial charge is 0.335 e. The Balaban J connectivity index is 1.75. The lowest BCUT2D eigenvalue weighted by atomic mass is 10.1. The molecule has 2 aromatic carbocycles. The second-order valence-corrected chi connectivity index (χ2v) is 5.51. The molecule has 0 aliphatic heterocycles. The van der Waals surface area contributed by atoms with Gasteiger partial charge in [-0.1, -0.05) is 12.1 Å². The average Bonchev–Trinajstić information content (AvgIpc) is 3.15. The largest absolute Gasteiger partial charge is 0.497 e. The van der Waals surface area contributed by atoms with Gasteiger partial charge in [0.05, 0.1) is 12.7 Å². The molecule has 0 aliphatic carbocycles. The van der Waals surface area contributed by atoms with Gasteiger partial charge in [-0.2, -0.15) is 0 Å². The number of allylic oxidation sites excluding steroid dienone is 1. The van der Waals surface area contributed by atoms with E-state index in [0.717, 1.165) is 0 Å². The van der Waals surface area contributed by atoms with Crippen molar-refractivity contribution in [2.45, 2.75) is 0 Å². The van der Waals surface area contributed by atoms with Crippen LogP contribution in [0.1, 0.15) is 26.5 Å². The van der Waals surface area contributed by atoms with Crippen molar-refractivity contribution in [2.24, 2.45) is 0 Å². The molecule has 0 unspecified atom stereocenters. The summed E-state index contributed by atoms with van der Waals surface area (Å²) in [7, 11) is 1.57. The lowest BCUT2D eigenvalue weighted by Crippen LogP contribution is -1.95. The minimum atomic E-state index is -0.997. The summed E-state index contributed by atoms with van der Waals surface area (Å²) in [5, 5.41) is 9.06. The van der Waals surface area contributed by atoms with Crippen LogP contribution in [0.25, 0.3) is 17.4 Å². The number of ketones is 1. The number of hydrogen-bond acceptors (Lipinski definition) is 4. The zero-order chi connectivity index (χ0) is 18.5. The predicted octanol–water partition coefficient (Wildman–Crippen LogP) is 4.55. The number of rotatable bonds is 6. The monoisotopic (exact) mass is 348 g/mol. The molecule has 0 aliphatic rings. The Kier molecular flexibility index (Phi) is 4.99. The Morgan fingerprint density at radius 2 is 1.77 bits per heavy atom. The lowest BCUT2D eigenvalue weighted by molar-refractivity contribution is 0.0696. The van der Waals surface area contributed by atoms with Gasteiger partial charge < -0.3 is 14.3 Å². The van der Waals surface area contributed by atoms with Gasteiger partial charge in [-0.25, -0.2) is 4.79 Å². The molecular weight excluding hydrogens is 332 g/mol. The highest BCUT2D eigenvalue weighted by atomic mass is 16.5. The first-order valence-electron chi connectivity index (χ1n) is 7.87. The molecule has 5 heteroatoms. The maximum atomic E-state index is 12.2. The second-order valence-electron chi connectivity index (χ2n) is 5.51. The molecule has 1 N–H and O–H groups in total. The summed E-state index contributed by atoms with van der Waals surface area (Å²) in [6.07, 6.45) is 3.01. The van der Waals surface area contributed by atoms with E-state index in [1.165, 1.54) is 18.2 Å². The zero-order valence-electron chi connectivity index (χ0n) is 14.0. The highest BCUT2D eigenvalue weighted by molar-refractivity contribution is 6.06. The number of carboxylic acids is 1. The standard InChI is InChI=1S/C21H16O5/c1-25-17-7-5-14(6-8-17)19(22)11-9-18-10-12-20(26-18)15-3-2-4-16(13-15)21(23)24/h2-13H,1H3,(H,23,24)/b11-9+. The molecule has 0 radical (unpaired) electrons. The summed E-state index contributed by atoms with van der Waals surface area (Å²) in [6.45, 7) is 0. The first-order chi connectivity index (χ1) is 12.6. The van der Waals surface area contributed by atoms with Crippen LogP contribution in [-0.2, 0) is 0 Å². The molecule has 130 valence electrons. The van der Waals surface area contributed by atoms with Crippen LogP contribution in [0.3, 0.4) is 0 Å². The Morgan fingerprint density at radius 1 is 1.00 bits per heavy atom. The SMILES string of the molecule is COc1ccc(C(=O)/C=C/c2ccc(-c3cccc(C(=O)O)c3)o2)cc1. The van der Waals surface area contributed by atoms with Crippen molar-refractivity contribution in [2.75, 3.05) is 7.11 Å². The van der Waals surface area contributed by atoms with Crippen LogP contribution < -0.4 is 4.74 Å². The number of ether oxygens (including phenoxy) is 1. The number of methoxy groups -OCH3 is 1. The molecule has 0 spiro atoms. The first-order valence-corrected chi connectivity index (χ1v) is 7.87. The molecule has 0 saturated carbocycles. The number of furan rings is 1. The summed E-state index contributed by atoms with van der Waals surface area (Å²) < 4.78 is 10.7. The van der Waals surface area contributed by atoms with E-state index < -0.39 is 5.97 Å². The van der Waals surface area contributed by atoms with Crippen LogP contribution in [0.2, 0.25) is 0 Å². The minimum Gasteiger partial charge on any atom is -0.497 e. The van der Waals surface area contributed by atoms with Crippen molar-refractivity contribution >= 4 is 17.8 Å². The molecule has 3 rings (SSSR count). The van der Waals surface area contributed by atoms with Crippen molar-refractivity contribution in [1.82, 2.24) is 0 Å². The zero-order valence-corrected chi connectivity index (χ0v) is 14.0. The van der Waals surface area contributed by atoms with Gasteiger partial charge in [-0.3, -0.25) is 4.79 Å². The van der Waals surface area contributed by atoms with Gasteiger partial charge >= 0.3 is 5.97 Å². The third-order valence-electron chi connectivity index (χ3n) is 3.79. The molecule has 0 saturated heterocycles. The number of carboxylic acid groups (broad SMARTS) is 1. The van der Waals surface area contributed by atoms with Crippen LogP contribution in [0.4, 0.5) is 0 Å². The summed E-state index contributed by atoms with van der Waals surface area (Å²) in [4.78, 5) is 23.2. The summed E-state index contributed by atoms with van der Waals surface area (Å²) in [5.41, 5.74) is 1.39. The normalized spacial score (nSPS) is 10.8. The first kappa shape index (κ1) is 17.2. The molecular formula is C21H16O5. The molecule has 0 bridgehead atoms. The van der Waals surface area contributed by atoms with E-state index in [9.17, 15) is 9.59 Å². The highest BCUT2D eigenvalue weighted by Gasteiger charge is 2.08. The van der Waals surface area contributed by atoms with E-state index in [2.05, 4.69) is 0 Å². The van der Waals surface area contributed by atoms with E-state index in [4.69, 9.17) is 14.3 Å². The van der Waals surface area contributed by atoms with E-state index in [-0.39, 0.29) is 11.3 Å². The number of carbonyl (C=O) groups excluding carboxylic acids is 1. The molecule has 0 atom stereocenters. The maximum Gasteiger partial charge on any atom is 0.335 e. The summed E-state index contributed by atoms with van der Waals surface area (Å²) in [6, 6.07) is 16.8.